The summed E-state index contributed by atoms with van der Waals surface area (Å²) in [6.07, 6.45) is 3.19. The number of alkyl halides is 2. The van der Waals surface area contributed by atoms with E-state index >= 15 is 0 Å². The molecule has 3 nitrogen and oxygen atoms in total. The summed E-state index contributed by atoms with van der Waals surface area (Å²) in [6, 6.07) is 0. The highest BCUT2D eigenvalue weighted by molar-refractivity contribution is 4.95. The molecule has 2 aliphatic rings. The first kappa shape index (κ1) is 18.1. The monoisotopic (exact) mass is 318 g/mol. The molecule has 22 heavy (non-hydrogen) atoms. The average Bonchev–Trinajstić information content (AvgIpc) is 2.33. The molecule has 2 heterocycles. The van der Waals surface area contributed by atoms with Gasteiger partial charge in [-0.15, -0.1) is 0 Å². The third-order valence-corrected chi connectivity index (χ3v) is 5.89. The minimum Gasteiger partial charge on any atom is -0.396 e. The first-order chi connectivity index (χ1) is 10.1. The van der Waals surface area contributed by atoms with Crippen molar-refractivity contribution in [1.82, 2.24) is 9.80 Å². The van der Waals surface area contributed by atoms with E-state index in [-0.39, 0.29) is 17.5 Å². The van der Waals surface area contributed by atoms with E-state index in [1.165, 1.54) is 19.5 Å². The Morgan fingerprint density at radius 3 is 2.00 bits per heavy atom. The maximum Gasteiger partial charge on any atom is 0.255 e. The second kappa shape index (κ2) is 6.33. The van der Waals surface area contributed by atoms with E-state index < -0.39 is 18.4 Å². The van der Waals surface area contributed by atoms with Gasteiger partial charge in [-0.2, -0.15) is 0 Å². The Labute approximate surface area is 133 Å². The van der Waals surface area contributed by atoms with E-state index in [2.05, 4.69) is 37.5 Å². The topological polar surface area (TPSA) is 26.7 Å². The fraction of sp³-hybridized carbons (Fsp3) is 1.00. The number of nitrogens with zero attached hydrogens (tertiary/aromatic N) is 2. The minimum atomic E-state index is -2.72. The number of likely N-dealkylation sites (tertiary alicyclic amines) is 2. The molecule has 2 fully saturated rings. The smallest absolute Gasteiger partial charge is 0.255 e. The van der Waals surface area contributed by atoms with Gasteiger partial charge in [0, 0.05) is 30.6 Å². The molecule has 2 saturated heterocycles. The molecule has 0 bridgehead atoms. The van der Waals surface area contributed by atoms with Gasteiger partial charge >= 0.3 is 0 Å². The molecule has 0 aliphatic carbocycles. The van der Waals surface area contributed by atoms with Crippen molar-refractivity contribution < 1.29 is 13.9 Å². The molecule has 1 unspecified atom stereocenters. The summed E-state index contributed by atoms with van der Waals surface area (Å²) >= 11 is 0. The van der Waals surface area contributed by atoms with E-state index in [4.69, 9.17) is 0 Å². The molecule has 5 heteroatoms. The van der Waals surface area contributed by atoms with Crippen molar-refractivity contribution in [1.29, 1.82) is 0 Å². The highest BCUT2D eigenvalue weighted by atomic mass is 19.3. The zero-order valence-corrected chi connectivity index (χ0v) is 14.5. The molecule has 2 aliphatic heterocycles. The lowest BCUT2D eigenvalue weighted by molar-refractivity contribution is -0.135. The summed E-state index contributed by atoms with van der Waals surface area (Å²) in [4.78, 5) is 4.65. The average molecular weight is 318 g/mol. The van der Waals surface area contributed by atoms with E-state index in [1.54, 1.807) is 0 Å². The maximum absolute atomic E-state index is 13.8. The zero-order chi connectivity index (χ0) is 16.6. The maximum atomic E-state index is 13.8. The summed E-state index contributed by atoms with van der Waals surface area (Å²) in [6.45, 7) is 11.5. The molecule has 130 valence electrons. The lowest BCUT2D eigenvalue weighted by atomic mass is 9.83. The highest BCUT2D eigenvalue weighted by Crippen LogP contribution is 2.38. The number of hydrogen-bond donors (Lipinski definition) is 1. The van der Waals surface area contributed by atoms with Crippen molar-refractivity contribution in [2.75, 3.05) is 32.8 Å². The van der Waals surface area contributed by atoms with Gasteiger partial charge in [0.05, 0.1) is 12.5 Å². The number of piperidine rings is 1. The van der Waals surface area contributed by atoms with Crippen LogP contribution in [0.1, 0.15) is 53.4 Å². The van der Waals surface area contributed by atoms with Crippen LogP contribution in [-0.4, -0.2) is 64.7 Å². The predicted molar refractivity (Wildman–Crippen MR) is 85.3 cm³/mol. The van der Waals surface area contributed by atoms with Crippen LogP contribution in [0.2, 0.25) is 0 Å². The first-order valence-corrected chi connectivity index (χ1v) is 8.57. The summed E-state index contributed by atoms with van der Waals surface area (Å²) in [5, 5.41) is 9.27. The van der Waals surface area contributed by atoms with Crippen LogP contribution in [0.25, 0.3) is 0 Å². The molecule has 1 atom stereocenters. The van der Waals surface area contributed by atoms with Gasteiger partial charge in [0.1, 0.15) is 0 Å². The second-order valence-corrected chi connectivity index (χ2v) is 8.30. The Morgan fingerprint density at radius 2 is 1.55 bits per heavy atom. The second-order valence-electron chi connectivity index (χ2n) is 8.30. The van der Waals surface area contributed by atoms with Gasteiger partial charge in [-0.1, -0.05) is 0 Å². The molecular formula is C17H32F2N2O. The molecule has 1 N–H and O–H groups in total. The third-order valence-electron chi connectivity index (χ3n) is 5.89. The Kier molecular flexibility index (Phi) is 5.20. The summed E-state index contributed by atoms with van der Waals surface area (Å²) in [5.41, 5.74) is 0.0810. The van der Waals surface area contributed by atoms with Crippen molar-refractivity contribution in [2.24, 2.45) is 5.92 Å². The summed E-state index contributed by atoms with van der Waals surface area (Å²) < 4.78 is 27.5. The Morgan fingerprint density at radius 1 is 1.00 bits per heavy atom. The van der Waals surface area contributed by atoms with Crippen LogP contribution in [0, 0.1) is 5.92 Å². The Balaban J connectivity index is 1.92. The standard InChI is InChI=1S/C17H32F2N2O/c1-15(2,20-9-5-10-20)6-7-16(3,4)21-11-8-17(18,19)14(12-21)13-22/h14,22H,5-13H2,1-4H3. The van der Waals surface area contributed by atoms with Crippen LogP contribution in [0.15, 0.2) is 0 Å². The largest absolute Gasteiger partial charge is 0.396 e. The Bertz CT molecular complexity index is 381. The lowest BCUT2D eigenvalue weighted by Gasteiger charge is -2.49. The van der Waals surface area contributed by atoms with E-state index in [0.29, 0.717) is 13.1 Å². The SMILES string of the molecule is CC(C)(CCC(C)(C)N1CCC(F)(F)C(CO)C1)N1CCC1. The molecule has 0 saturated carbocycles. The van der Waals surface area contributed by atoms with Crippen LogP contribution in [0.4, 0.5) is 8.78 Å². The molecular weight excluding hydrogens is 286 g/mol. The molecule has 0 aromatic rings. The molecule has 0 amide bonds. The zero-order valence-electron chi connectivity index (χ0n) is 14.5. The number of aliphatic hydroxyl groups is 1. The van der Waals surface area contributed by atoms with Gasteiger partial charge in [0.2, 0.25) is 0 Å². The van der Waals surface area contributed by atoms with Crippen LogP contribution >= 0.6 is 0 Å². The molecule has 0 aromatic carbocycles. The van der Waals surface area contributed by atoms with Crippen LogP contribution in [0.5, 0.6) is 0 Å². The highest BCUT2D eigenvalue weighted by Gasteiger charge is 2.46. The lowest BCUT2D eigenvalue weighted by Crippen LogP contribution is -2.57. The number of hydrogen-bond acceptors (Lipinski definition) is 3. The van der Waals surface area contributed by atoms with Crippen molar-refractivity contribution in [2.45, 2.75) is 70.4 Å². The first-order valence-electron chi connectivity index (χ1n) is 8.57. The van der Waals surface area contributed by atoms with Crippen LogP contribution in [-0.2, 0) is 0 Å². The Hall–Kier alpha value is -0.260. The van der Waals surface area contributed by atoms with Crippen molar-refractivity contribution >= 4 is 0 Å². The predicted octanol–water partition coefficient (Wildman–Crippen LogP) is 2.98. The molecule has 0 spiro atoms. The van der Waals surface area contributed by atoms with E-state index in [1.807, 2.05) is 0 Å². The fourth-order valence-corrected chi connectivity index (χ4v) is 3.57. The third kappa shape index (κ3) is 3.80. The fourth-order valence-electron chi connectivity index (χ4n) is 3.57. The van der Waals surface area contributed by atoms with Gasteiger partial charge in [0.15, 0.2) is 0 Å². The number of rotatable bonds is 6. The van der Waals surface area contributed by atoms with E-state index in [9.17, 15) is 13.9 Å². The molecule has 2 rings (SSSR count). The number of aliphatic hydroxyl groups excluding tert-OH is 1. The minimum absolute atomic E-state index is 0.105. The molecule has 0 radical (unpaired) electrons. The van der Waals surface area contributed by atoms with Crippen LogP contribution in [0.3, 0.4) is 0 Å². The van der Waals surface area contributed by atoms with Gasteiger partial charge in [-0.3, -0.25) is 9.80 Å². The van der Waals surface area contributed by atoms with Crippen molar-refractivity contribution in [3.63, 3.8) is 0 Å². The van der Waals surface area contributed by atoms with Gasteiger partial charge in [-0.25, -0.2) is 8.78 Å². The van der Waals surface area contributed by atoms with Gasteiger partial charge in [-0.05, 0) is 60.0 Å². The van der Waals surface area contributed by atoms with Crippen LogP contribution < -0.4 is 0 Å². The number of halogens is 2. The normalized spacial score (nSPS) is 27.7. The van der Waals surface area contributed by atoms with Crippen molar-refractivity contribution in [3.8, 4) is 0 Å². The summed E-state index contributed by atoms with van der Waals surface area (Å²) in [5.74, 6) is -3.65. The summed E-state index contributed by atoms with van der Waals surface area (Å²) in [7, 11) is 0. The quantitative estimate of drug-likeness (QED) is 0.815. The van der Waals surface area contributed by atoms with Gasteiger partial charge in [0.25, 0.3) is 5.92 Å². The van der Waals surface area contributed by atoms with Crippen molar-refractivity contribution in [3.05, 3.63) is 0 Å². The van der Waals surface area contributed by atoms with Gasteiger partial charge < -0.3 is 5.11 Å². The van der Waals surface area contributed by atoms with E-state index in [0.717, 1.165) is 12.8 Å². The molecule has 0 aromatic heterocycles.